The van der Waals surface area contributed by atoms with Crippen LogP contribution < -0.4 is 10.2 Å². The van der Waals surface area contributed by atoms with E-state index in [4.69, 9.17) is 0 Å². The van der Waals surface area contributed by atoms with Crippen molar-refractivity contribution < 1.29 is 13.2 Å². The van der Waals surface area contributed by atoms with Crippen molar-refractivity contribution in [3.8, 4) is 0 Å². The fraction of sp³-hybridized carbons (Fsp3) is 0.333. The molecule has 2 atom stereocenters. The monoisotopic (exact) mass is 429 g/mol. The van der Waals surface area contributed by atoms with E-state index in [0.717, 1.165) is 22.5 Å². The van der Waals surface area contributed by atoms with Crippen molar-refractivity contribution in [3.05, 3.63) is 59.7 Å². The number of amidine groups is 1. The highest BCUT2D eigenvalue weighted by Gasteiger charge is 2.47. The molecule has 8 heteroatoms. The van der Waals surface area contributed by atoms with E-state index in [1.807, 2.05) is 67.3 Å². The van der Waals surface area contributed by atoms with Gasteiger partial charge < -0.3 is 10.2 Å². The van der Waals surface area contributed by atoms with Gasteiger partial charge >= 0.3 is 0 Å². The molecule has 1 amide bonds. The predicted molar refractivity (Wildman–Crippen MR) is 120 cm³/mol. The second-order valence-corrected chi connectivity index (χ2v) is 10.5. The summed E-state index contributed by atoms with van der Waals surface area (Å²) < 4.78 is 24.2. The van der Waals surface area contributed by atoms with Crippen molar-refractivity contribution in [1.82, 2.24) is 0 Å². The first-order chi connectivity index (χ1) is 13.8. The van der Waals surface area contributed by atoms with E-state index in [2.05, 4.69) is 10.3 Å². The molecule has 29 heavy (non-hydrogen) atoms. The number of aryl methyl sites for hydroxylation is 1. The Labute approximate surface area is 175 Å². The number of benzene rings is 2. The Hall–Kier alpha value is -2.32. The van der Waals surface area contributed by atoms with Crippen LogP contribution in [0.15, 0.2) is 53.5 Å². The van der Waals surface area contributed by atoms with Crippen LogP contribution in [0.3, 0.4) is 0 Å². The lowest BCUT2D eigenvalue weighted by Gasteiger charge is -2.26. The largest absolute Gasteiger partial charge is 0.325 e. The molecule has 2 heterocycles. The lowest BCUT2D eigenvalue weighted by molar-refractivity contribution is -0.113. The normalized spacial score (nSPS) is 22.3. The minimum Gasteiger partial charge on any atom is -0.325 e. The van der Waals surface area contributed by atoms with Crippen LogP contribution in [-0.4, -0.2) is 48.8 Å². The molecular weight excluding hydrogens is 406 g/mol. The molecule has 0 spiro atoms. The fourth-order valence-electron chi connectivity index (χ4n) is 3.73. The van der Waals surface area contributed by atoms with Gasteiger partial charge in [0.05, 0.1) is 29.3 Å². The molecule has 0 bridgehead atoms. The molecule has 152 valence electrons. The van der Waals surface area contributed by atoms with Gasteiger partial charge in [-0.25, -0.2) is 8.42 Å². The Morgan fingerprint density at radius 1 is 1.14 bits per heavy atom. The van der Waals surface area contributed by atoms with Crippen LogP contribution in [0.4, 0.5) is 11.4 Å². The van der Waals surface area contributed by atoms with Crippen molar-refractivity contribution >= 4 is 44.0 Å². The molecule has 4 rings (SSSR count). The van der Waals surface area contributed by atoms with Crippen LogP contribution in [0.5, 0.6) is 0 Å². The Bertz CT molecular complexity index is 1070. The summed E-state index contributed by atoms with van der Waals surface area (Å²) >= 11 is 1.35. The zero-order chi connectivity index (χ0) is 20.6. The summed E-state index contributed by atoms with van der Waals surface area (Å²) in [6, 6.07) is 15.0. The van der Waals surface area contributed by atoms with E-state index in [0.29, 0.717) is 5.17 Å². The number of aliphatic imine (C=N–C) groups is 1. The Morgan fingerprint density at radius 2 is 1.90 bits per heavy atom. The minimum atomic E-state index is -3.09. The van der Waals surface area contributed by atoms with E-state index in [9.17, 15) is 13.2 Å². The second-order valence-electron chi connectivity index (χ2n) is 7.41. The van der Waals surface area contributed by atoms with Crippen molar-refractivity contribution in [2.45, 2.75) is 25.9 Å². The lowest BCUT2D eigenvalue weighted by Crippen LogP contribution is -2.39. The molecule has 0 aromatic heterocycles. The molecule has 2 aliphatic rings. The van der Waals surface area contributed by atoms with Gasteiger partial charge in [0.2, 0.25) is 5.91 Å². The SMILES string of the molecule is Cc1cccc(NC(=O)CSC2=NC3CS(=O)(=O)CC3N2c2ccccc2)c1C. The zero-order valence-electron chi connectivity index (χ0n) is 16.3. The van der Waals surface area contributed by atoms with Crippen LogP contribution in [-0.2, 0) is 14.6 Å². The van der Waals surface area contributed by atoms with E-state index >= 15 is 0 Å². The zero-order valence-corrected chi connectivity index (χ0v) is 18.0. The molecule has 2 aromatic rings. The van der Waals surface area contributed by atoms with Gasteiger partial charge in [-0.15, -0.1) is 0 Å². The standard InChI is InChI=1S/C21H23N3O3S2/c1-14-7-6-10-17(15(14)2)22-20(25)11-28-21-23-18-12-29(26,27)13-19(18)24(21)16-8-4-3-5-9-16/h3-10,18-19H,11-13H2,1-2H3,(H,22,25). The van der Waals surface area contributed by atoms with Gasteiger partial charge in [-0.3, -0.25) is 9.79 Å². The van der Waals surface area contributed by atoms with Crippen molar-refractivity contribution in [3.63, 3.8) is 0 Å². The van der Waals surface area contributed by atoms with Crippen LogP contribution >= 0.6 is 11.8 Å². The number of rotatable bonds is 4. The van der Waals surface area contributed by atoms with Crippen LogP contribution in [0.2, 0.25) is 0 Å². The smallest absolute Gasteiger partial charge is 0.234 e. The van der Waals surface area contributed by atoms with Crippen LogP contribution in [0, 0.1) is 13.8 Å². The summed E-state index contributed by atoms with van der Waals surface area (Å²) in [4.78, 5) is 19.2. The number of hydrogen-bond donors (Lipinski definition) is 1. The number of carbonyl (C=O) groups is 1. The maximum atomic E-state index is 12.5. The number of nitrogens with zero attached hydrogens (tertiary/aromatic N) is 2. The van der Waals surface area contributed by atoms with E-state index in [1.54, 1.807) is 0 Å². The summed E-state index contributed by atoms with van der Waals surface area (Å²) in [6.45, 7) is 4.00. The third kappa shape index (κ3) is 4.18. The van der Waals surface area contributed by atoms with Gasteiger partial charge in [0, 0.05) is 11.4 Å². The summed E-state index contributed by atoms with van der Waals surface area (Å²) in [5.41, 5.74) is 3.89. The van der Waals surface area contributed by atoms with Gasteiger partial charge in [-0.1, -0.05) is 42.1 Å². The number of thioether (sulfide) groups is 1. The minimum absolute atomic E-state index is 0.0692. The number of fused-ring (bicyclic) bond motifs is 1. The Balaban J connectivity index is 1.49. The number of amides is 1. The number of sulfone groups is 1. The maximum Gasteiger partial charge on any atom is 0.234 e. The molecule has 0 aliphatic carbocycles. The summed E-state index contributed by atoms with van der Waals surface area (Å²) in [6.07, 6.45) is 0. The number of hydrogen-bond acceptors (Lipinski definition) is 6. The molecule has 0 saturated carbocycles. The van der Waals surface area contributed by atoms with Crippen LogP contribution in [0.25, 0.3) is 0 Å². The number of para-hydroxylation sites is 1. The molecule has 1 saturated heterocycles. The first-order valence-corrected chi connectivity index (χ1v) is 12.3. The van der Waals surface area contributed by atoms with Crippen LogP contribution in [0.1, 0.15) is 11.1 Å². The van der Waals surface area contributed by atoms with Crippen molar-refractivity contribution in [1.29, 1.82) is 0 Å². The van der Waals surface area contributed by atoms with E-state index in [-0.39, 0.29) is 35.2 Å². The Kier molecular flexibility index (Phi) is 5.40. The average Bonchev–Trinajstić information content (AvgIpc) is 3.15. The quantitative estimate of drug-likeness (QED) is 0.808. The van der Waals surface area contributed by atoms with E-state index < -0.39 is 9.84 Å². The lowest BCUT2D eigenvalue weighted by atomic mass is 10.1. The molecule has 1 N–H and O–H groups in total. The third-order valence-corrected chi connectivity index (χ3v) is 8.02. The number of nitrogens with one attached hydrogen (secondary N) is 1. The molecular formula is C21H23N3O3S2. The first-order valence-electron chi connectivity index (χ1n) is 9.45. The molecule has 1 fully saturated rings. The number of carbonyl (C=O) groups excluding carboxylic acids is 1. The van der Waals surface area contributed by atoms with Gasteiger partial charge in [-0.2, -0.15) is 0 Å². The van der Waals surface area contributed by atoms with Gasteiger partial charge in [0.1, 0.15) is 0 Å². The number of anilines is 2. The van der Waals surface area contributed by atoms with Gasteiger partial charge in [0.25, 0.3) is 0 Å². The van der Waals surface area contributed by atoms with Crippen molar-refractivity contribution in [2.75, 3.05) is 27.5 Å². The third-order valence-electron chi connectivity index (χ3n) is 5.35. The topological polar surface area (TPSA) is 78.8 Å². The fourth-order valence-corrected chi connectivity index (χ4v) is 6.49. The molecule has 2 aliphatic heterocycles. The highest BCUT2D eigenvalue weighted by molar-refractivity contribution is 8.14. The highest BCUT2D eigenvalue weighted by atomic mass is 32.2. The van der Waals surface area contributed by atoms with Gasteiger partial charge in [0.15, 0.2) is 15.0 Å². The summed E-state index contributed by atoms with van der Waals surface area (Å²) in [5.74, 6) is 0.264. The van der Waals surface area contributed by atoms with Crippen molar-refractivity contribution in [2.24, 2.45) is 4.99 Å². The molecule has 2 aromatic carbocycles. The van der Waals surface area contributed by atoms with E-state index in [1.165, 1.54) is 11.8 Å². The predicted octanol–water partition coefficient (Wildman–Crippen LogP) is 3.02. The summed E-state index contributed by atoms with van der Waals surface area (Å²) in [7, 11) is -3.09. The molecule has 0 radical (unpaired) electrons. The second kappa shape index (κ2) is 7.84. The maximum absolute atomic E-state index is 12.5. The highest BCUT2D eigenvalue weighted by Crippen LogP contribution is 2.35. The summed E-state index contributed by atoms with van der Waals surface area (Å²) in [5, 5.41) is 3.67. The Morgan fingerprint density at radius 3 is 2.66 bits per heavy atom. The first kappa shape index (κ1) is 20.0. The molecule has 6 nitrogen and oxygen atoms in total. The molecule has 2 unspecified atom stereocenters. The average molecular weight is 430 g/mol. The van der Waals surface area contributed by atoms with Gasteiger partial charge in [-0.05, 0) is 43.2 Å².